The predicted octanol–water partition coefficient (Wildman–Crippen LogP) is 2.58. The molecule has 0 bridgehead atoms. The van der Waals surface area contributed by atoms with E-state index in [9.17, 15) is 4.79 Å². The minimum Gasteiger partial charge on any atom is -0.355 e. The molecule has 1 heterocycles. The number of nitrogens with one attached hydrogen (secondary N) is 2. The third-order valence-corrected chi connectivity index (χ3v) is 3.52. The number of hydrogen-bond acceptors (Lipinski definition) is 2. The first-order valence-electron chi connectivity index (χ1n) is 6.58. The van der Waals surface area contributed by atoms with E-state index >= 15 is 0 Å². The Hall–Kier alpha value is -1.81. The number of rotatable bonds is 5. The second-order valence-corrected chi connectivity index (χ2v) is 5.25. The van der Waals surface area contributed by atoms with E-state index in [0.717, 1.165) is 34.0 Å². The first-order valence-corrected chi connectivity index (χ1v) is 6.95. The molecule has 0 saturated heterocycles. The number of aromatic amines is 1. The van der Waals surface area contributed by atoms with Crippen LogP contribution in [0, 0.1) is 13.8 Å². The summed E-state index contributed by atoms with van der Waals surface area (Å²) < 4.78 is 0. The molecule has 0 aliphatic rings. The zero-order valence-corrected chi connectivity index (χ0v) is 12.4. The quantitative estimate of drug-likeness (QED) is 0.889. The van der Waals surface area contributed by atoms with Gasteiger partial charge in [-0.2, -0.15) is 5.10 Å². The van der Waals surface area contributed by atoms with Crippen LogP contribution in [0.4, 0.5) is 0 Å². The number of hydrogen-bond donors (Lipinski definition) is 2. The molecular weight excluding hydrogens is 274 g/mol. The standard InChI is InChI=1S/C15H18ClN3O/c1-10-14(11(2)19-18-10)9-15(20)17-8-7-12-3-5-13(16)6-4-12/h3-6H,7-9H2,1-2H3,(H,17,20)(H,18,19). The smallest absolute Gasteiger partial charge is 0.224 e. The zero-order valence-electron chi connectivity index (χ0n) is 11.7. The lowest BCUT2D eigenvalue weighted by molar-refractivity contribution is -0.120. The van der Waals surface area contributed by atoms with Crippen molar-refractivity contribution in [3.8, 4) is 0 Å². The Labute approximate surface area is 123 Å². The van der Waals surface area contributed by atoms with Crippen molar-refractivity contribution in [2.45, 2.75) is 26.7 Å². The first-order chi connectivity index (χ1) is 9.56. The first kappa shape index (κ1) is 14.6. The fraction of sp³-hybridized carbons (Fsp3) is 0.333. The van der Waals surface area contributed by atoms with Crippen molar-refractivity contribution in [2.24, 2.45) is 0 Å². The van der Waals surface area contributed by atoms with Crippen LogP contribution in [0.25, 0.3) is 0 Å². The molecule has 0 atom stereocenters. The fourth-order valence-electron chi connectivity index (χ4n) is 2.05. The van der Waals surface area contributed by atoms with E-state index in [0.29, 0.717) is 13.0 Å². The Morgan fingerprint density at radius 2 is 2.00 bits per heavy atom. The van der Waals surface area contributed by atoms with Crippen LogP contribution < -0.4 is 5.32 Å². The molecule has 5 heteroatoms. The molecule has 1 aromatic heterocycles. The van der Waals surface area contributed by atoms with E-state index < -0.39 is 0 Å². The molecule has 0 spiro atoms. The molecule has 2 aromatic rings. The molecule has 0 saturated carbocycles. The number of H-pyrrole nitrogens is 1. The lowest BCUT2D eigenvalue weighted by atomic mass is 10.1. The molecule has 2 N–H and O–H groups in total. The van der Waals surface area contributed by atoms with Gasteiger partial charge in [0.25, 0.3) is 0 Å². The maximum atomic E-state index is 11.9. The second-order valence-electron chi connectivity index (χ2n) is 4.82. The van der Waals surface area contributed by atoms with Gasteiger partial charge in [-0.1, -0.05) is 23.7 Å². The Morgan fingerprint density at radius 1 is 1.30 bits per heavy atom. The number of aromatic nitrogens is 2. The van der Waals surface area contributed by atoms with Crippen LogP contribution in [0.2, 0.25) is 5.02 Å². The molecule has 0 aliphatic heterocycles. The average molecular weight is 292 g/mol. The summed E-state index contributed by atoms with van der Waals surface area (Å²) in [6, 6.07) is 7.66. The summed E-state index contributed by atoms with van der Waals surface area (Å²) in [7, 11) is 0. The summed E-state index contributed by atoms with van der Waals surface area (Å²) in [5.74, 6) is 0.0200. The van der Waals surface area contributed by atoms with Crippen molar-refractivity contribution >= 4 is 17.5 Å². The number of carbonyl (C=O) groups excluding carboxylic acids is 1. The number of halogens is 1. The molecule has 4 nitrogen and oxygen atoms in total. The van der Waals surface area contributed by atoms with Crippen molar-refractivity contribution in [1.82, 2.24) is 15.5 Å². The van der Waals surface area contributed by atoms with E-state index in [1.807, 2.05) is 38.1 Å². The molecule has 1 aromatic carbocycles. The van der Waals surface area contributed by atoms with Crippen LogP contribution in [0.15, 0.2) is 24.3 Å². The van der Waals surface area contributed by atoms with Crippen molar-refractivity contribution < 1.29 is 4.79 Å². The number of benzene rings is 1. The Balaban J connectivity index is 1.80. The van der Waals surface area contributed by atoms with E-state index in [-0.39, 0.29) is 5.91 Å². The number of amides is 1. The second kappa shape index (κ2) is 6.57. The minimum absolute atomic E-state index is 0.0200. The normalized spacial score (nSPS) is 10.6. The molecule has 1 amide bonds. The van der Waals surface area contributed by atoms with Gasteiger partial charge in [0.1, 0.15) is 0 Å². The lowest BCUT2D eigenvalue weighted by Crippen LogP contribution is -2.27. The Kier molecular flexibility index (Phi) is 4.79. The van der Waals surface area contributed by atoms with Crippen molar-refractivity contribution in [3.63, 3.8) is 0 Å². The molecular formula is C15H18ClN3O. The van der Waals surface area contributed by atoms with Gasteiger partial charge in [0.15, 0.2) is 0 Å². The van der Waals surface area contributed by atoms with E-state index in [4.69, 9.17) is 11.6 Å². The number of nitrogens with zero attached hydrogens (tertiary/aromatic N) is 1. The van der Waals surface area contributed by atoms with Crippen molar-refractivity contribution in [1.29, 1.82) is 0 Å². The highest BCUT2D eigenvalue weighted by Crippen LogP contribution is 2.11. The Bertz CT molecular complexity index is 570. The van der Waals surface area contributed by atoms with Crippen LogP contribution >= 0.6 is 11.6 Å². The van der Waals surface area contributed by atoms with Crippen LogP contribution in [-0.2, 0) is 17.6 Å². The van der Waals surface area contributed by atoms with Gasteiger partial charge < -0.3 is 5.32 Å². The highest BCUT2D eigenvalue weighted by atomic mass is 35.5. The van der Waals surface area contributed by atoms with Crippen molar-refractivity contribution in [2.75, 3.05) is 6.54 Å². The summed E-state index contributed by atoms with van der Waals surface area (Å²) in [6.07, 6.45) is 1.17. The van der Waals surface area contributed by atoms with Gasteiger partial charge in [0.2, 0.25) is 5.91 Å². The molecule has 2 rings (SSSR count). The molecule has 0 unspecified atom stereocenters. The molecule has 0 fully saturated rings. The molecule has 20 heavy (non-hydrogen) atoms. The van der Waals surface area contributed by atoms with E-state index in [1.165, 1.54) is 0 Å². The predicted molar refractivity (Wildman–Crippen MR) is 79.9 cm³/mol. The topological polar surface area (TPSA) is 57.8 Å². The minimum atomic E-state index is 0.0200. The summed E-state index contributed by atoms with van der Waals surface area (Å²) in [4.78, 5) is 11.9. The summed E-state index contributed by atoms with van der Waals surface area (Å²) >= 11 is 5.83. The lowest BCUT2D eigenvalue weighted by Gasteiger charge is -2.06. The SMILES string of the molecule is Cc1n[nH]c(C)c1CC(=O)NCCc1ccc(Cl)cc1. The van der Waals surface area contributed by atoms with Crippen LogP contribution in [0.1, 0.15) is 22.5 Å². The van der Waals surface area contributed by atoms with Crippen LogP contribution in [0.3, 0.4) is 0 Å². The largest absolute Gasteiger partial charge is 0.355 e. The summed E-state index contributed by atoms with van der Waals surface area (Å²) in [6.45, 7) is 4.45. The highest BCUT2D eigenvalue weighted by Gasteiger charge is 2.10. The monoisotopic (exact) mass is 291 g/mol. The van der Waals surface area contributed by atoms with Gasteiger partial charge >= 0.3 is 0 Å². The van der Waals surface area contributed by atoms with Gasteiger partial charge in [-0.05, 0) is 38.0 Å². The van der Waals surface area contributed by atoms with E-state index in [1.54, 1.807) is 0 Å². The average Bonchev–Trinajstić information content (AvgIpc) is 2.73. The molecule has 106 valence electrons. The fourth-order valence-corrected chi connectivity index (χ4v) is 2.18. The van der Waals surface area contributed by atoms with E-state index in [2.05, 4.69) is 15.5 Å². The van der Waals surface area contributed by atoms with Crippen LogP contribution in [-0.4, -0.2) is 22.6 Å². The highest BCUT2D eigenvalue weighted by molar-refractivity contribution is 6.30. The number of aryl methyl sites for hydroxylation is 2. The van der Waals surface area contributed by atoms with Gasteiger partial charge in [-0.25, -0.2) is 0 Å². The summed E-state index contributed by atoms with van der Waals surface area (Å²) in [5.41, 5.74) is 3.98. The van der Waals surface area contributed by atoms with Gasteiger partial charge in [-0.3, -0.25) is 9.89 Å². The number of carbonyl (C=O) groups is 1. The maximum absolute atomic E-state index is 11.9. The van der Waals surface area contributed by atoms with Gasteiger partial charge in [0, 0.05) is 22.8 Å². The van der Waals surface area contributed by atoms with Crippen molar-refractivity contribution in [3.05, 3.63) is 51.8 Å². The maximum Gasteiger partial charge on any atom is 0.224 e. The third-order valence-electron chi connectivity index (χ3n) is 3.27. The molecule has 0 aliphatic carbocycles. The van der Waals surface area contributed by atoms with Crippen LogP contribution in [0.5, 0.6) is 0 Å². The summed E-state index contributed by atoms with van der Waals surface area (Å²) in [5, 5.41) is 10.6. The molecule has 0 radical (unpaired) electrons. The third kappa shape index (κ3) is 3.84. The van der Waals surface area contributed by atoms with Gasteiger partial charge in [-0.15, -0.1) is 0 Å². The zero-order chi connectivity index (χ0) is 14.5. The van der Waals surface area contributed by atoms with Gasteiger partial charge in [0.05, 0.1) is 12.1 Å². The Morgan fingerprint density at radius 3 is 2.60 bits per heavy atom.